The lowest BCUT2D eigenvalue weighted by molar-refractivity contribution is -0.145. The highest BCUT2D eigenvalue weighted by molar-refractivity contribution is 7.80. The van der Waals surface area contributed by atoms with Crippen molar-refractivity contribution in [2.75, 3.05) is 12.9 Å². The SMILES string of the molecule is COC(=O)[C@@H](NC(=O)[C@H](CS)NCc1ccc(C)cc1)C(c1ccccc1)c1c[nH]c2ccccc12. The summed E-state index contributed by atoms with van der Waals surface area (Å²) in [5.41, 5.74) is 4.99. The second kappa shape index (κ2) is 11.9. The molecule has 1 heterocycles. The van der Waals surface area contributed by atoms with E-state index >= 15 is 0 Å². The number of thiol groups is 1. The molecule has 3 N–H and O–H groups in total. The van der Waals surface area contributed by atoms with Crippen molar-refractivity contribution in [3.63, 3.8) is 0 Å². The van der Waals surface area contributed by atoms with Crippen LogP contribution in [0.15, 0.2) is 85.1 Å². The maximum Gasteiger partial charge on any atom is 0.329 e. The van der Waals surface area contributed by atoms with E-state index in [0.717, 1.165) is 27.6 Å². The molecule has 0 saturated carbocycles. The largest absolute Gasteiger partial charge is 0.467 e. The number of esters is 1. The van der Waals surface area contributed by atoms with E-state index in [1.165, 1.54) is 12.7 Å². The number of nitrogens with one attached hydrogen (secondary N) is 3. The molecule has 7 heteroatoms. The first-order valence-electron chi connectivity index (χ1n) is 11.9. The normalized spacial score (nSPS) is 13.6. The Bertz CT molecular complexity index is 1300. The van der Waals surface area contributed by atoms with Crippen LogP contribution < -0.4 is 10.6 Å². The third-order valence-electron chi connectivity index (χ3n) is 6.37. The van der Waals surface area contributed by atoms with Crippen molar-refractivity contribution in [2.45, 2.75) is 31.5 Å². The number of ether oxygens (including phenoxy) is 1. The number of para-hydroxylation sites is 1. The summed E-state index contributed by atoms with van der Waals surface area (Å²) >= 11 is 4.40. The van der Waals surface area contributed by atoms with Gasteiger partial charge in [0, 0.05) is 35.3 Å². The number of methoxy groups -OCH3 is 1. The number of H-pyrrole nitrogens is 1. The van der Waals surface area contributed by atoms with Gasteiger partial charge in [-0.05, 0) is 29.7 Å². The zero-order valence-corrected chi connectivity index (χ0v) is 21.3. The Morgan fingerprint density at radius 2 is 1.67 bits per heavy atom. The second-order valence-electron chi connectivity index (χ2n) is 8.79. The summed E-state index contributed by atoms with van der Waals surface area (Å²) in [6.45, 7) is 2.54. The molecule has 0 bridgehead atoms. The number of aryl methyl sites for hydroxylation is 1. The van der Waals surface area contributed by atoms with Crippen LogP contribution in [0.4, 0.5) is 0 Å². The fourth-order valence-electron chi connectivity index (χ4n) is 4.41. The Morgan fingerprint density at radius 3 is 2.36 bits per heavy atom. The smallest absolute Gasteiger partial charge is 0.329 e. The highest BCUT2D eigenvalue weighted by Gasteiger charge is 2.36. The summed E-state index contributed by atoms with van der Waals surface area (Å²) in [5.74, 6) is -1.02. The zero-order valence-electron chi connectivity index (χ0n) is 20.4. The van der Waals surface area contributed by atoms with Crippen LogP contribution in [0, 0.1) is 6.92 Å². The van der Waals surface area contributed by atoms with Gasteiger partial charge >= 0.3 is 5.97 Å². The van der Waals surface area contributed by atoms with E-state index in [2.05, 4.69) is 28.2 Å². The second-order valence-corrected chi connectivity index (χ2v) is 9.15. The summed E-state index contributed by atoms with van der Waals surface area (Å²) in [6.07, 6.45) is 1.90. The van der Waals surface area contributed by atoms with Gasteiger partial charge in [0.05, 0.1) is 13.2 Å². The molecule has 0 aliphatic carbocycles. The monoisotopic (exact) mass is 501 g/mol. The Labute approximate surface area is 216 Å². The Morgan fingerprint density at radius 1 is 0.972 bits per heavy atom. The molecule has 4 aromatic rings. The van der Waals surface area contributed by atoms with Gasteiger partial charge in [-0.2, -0.15) is 12.6 Å². The lowest BCUT2D eigenvalue weighted by Gasteiger charge is -2.28. The molecule has 0 aliphatic rings. The molecular weight excluding hydrogens is 470 g/mol. The van der Waals surface area contributed by atoms with Crippen molar-refractivity contribution in [3.05, 3.63) is 107 Å². The van der Waals surface area contributed by atoms with E-state index in [0.29, 0.717) is 6.54 Å². The molecule has 1 amide bonds. The number of aromatic amines is 1. The molecule has 1 unspecified atom stereocenters. The van der Waals surface area contributed by atoms with Gasteiger partial charge in [-0.25, -0.2) is 4.79 Å². The van der Waals surface area contributed by atoms with Crippen LogP contribution in [-0.2, 0) is 20.9 Å². The van der Waals surface area contributed by atoms with Gasteiger partial charge in [0.2, 0.25) is 5.91 Å². The van der Waals surface area contributed by atoms with Crippen LogP contribution in [0.25, 0.3) is 10.9 Å². The summed E-state index contributed by atoms with van der Waals surface area (Å²) in [4.78, 5) is 29.8. The van der Waals surface area contributed by atoms with Gasteiger partial charge in [-0.1, -0.05) is 78.4 Å². The fourth-order valence-corrected chi connectivity index (χ4v) is 4.70. The van der Waals surface area contributed by atoms with Crippen molar-refractivity contribution in [1.29, 1.82) is 0 Å². The molecule has 186 valence electrons. The number of fused-ring (bicyclic) bond motifs is 1. The quantitative estimate of drug-likeness (QED) is 0.192. The topological polar surface area (TPSA) is 83.2 Å². The number of carbonyl (C=O) groups excluding carboxylic acids is 2. The van der Waals surface area contributed by atoms with Crippen LogP contribution in [0.5, 0.6) is 0 Å². The summed E-state index contributed by atoms with van der Waals surface area (Å²) in [5, 5.41) is 7.22. The van der Waals surface area contributed by atoms with Crippen molar-refractivity contribution in [3.8, 4) is 0 Å². The first-order chi connectivity index (χ1) is 17.5. The lowest BCUT2D eigenvalue weighted by atomic mass is 9.84. The van der Waals surface area contributed by atoms with Crippen LogP contribution in [0.2, 0.25) is 0 Å². The number of rotatable bonds is 10. The number of carbonyl (C=O) groups is 2. The van der Waals surface area contributed by atoms with Crippen molar-refractivity contribution in [2.24, 2.45) is 0 Å². The van der Waals surface area contributed by atoms with E-state index in [9.17, 15) is 9.59 Å². The molecule has 0 aliphatic heterocycles. The predicted molar refractivity (Wildman–Crippen MR) is 146 cm³/mol. The number of amides is 1. The van der Waals surface area contributed by atoms with Crippen LogP contribution >= 0.6 is 12.6 Å². The van der Waals surface area contributed by atoms with Gasteiger partial charge in [-0.15, -0.1) is 0 Å². The lowest BCUT2D eigenvalue weighted by Crippen LogP contribution is -2.53. The minimum Gasteiger partial charge on any atom is -0.467 e. The van der Waals surface area contributed by atoms with Crippen molar-refractivity contribution in [1.82, 2.24) is 15.6 Å². The van der Waals surface area contributed by atoms with Gasteiger partial charge in [0.1, 0.15) is 6.04 Å². The molecule has 36 heavy (non-hydrogen) atoms. The molecule has 4 rings (SSSR count). The highest BCUT2D eigenvalue weighted by atomic mass is 32.1. The van der Waals surface area contributed by atoms with Crippen molar-refractivity contribution < 1.29 is 14.3 Å². The van der Waals surface area contributed by atoms with Crippen LogP contribution in [0.1, 0.15) is 28.2 Å². The molecule has 0 fully saturated rings. The van der Waals surface area contributed by atoms with Gasteiger partial charge in [0.15, 0.2) is 0 Å². The maximum absolute atomic E-state index is 13.4. The van der Waals surface area contributed by atoms with E-state index in [1.54, 1.807) is 0 Å². The van der Waals surface area contributed by atoms with Crippen LogP contribution in [-0.4, -0.2) is 41.8 Å². The first kappa shape index (κ1) is 25.5. The minimum absolute atomic E-state index is 0.272. The third kappa shape index (κ3) is 5.80. The highest BCUT2D eigenvalue weighted by Crippen LogP contribution is 2.34. The molecule has 3 aromatic carbocycles. The van der Waals surface area contributed by atoms with E-state index < -0.39 is 24.0 Å². The number of hydrogen-bond acceptors (Lipinski definition) is 5. The first-order valence-corrected chi connectivity index (χ1v) is 12.5. The standard InChI is InChI=1S/C29H31N3O3S/c1-19-12-14-20(15-13-19)16-30-25(18-36)28(33)32-27(29(34)35-2)26(21-8-4-3-5-9-21)23-17-31-24-11-7-6-10-22(23)24/h3-15,17,25-27,30-31,36H,16,18H2,1-2H3,(H,32,33)/t25-,26?,27-/m0/s1. The Balaban J connectivity index is 1.64. The Hall–Kier alpha value is -3.55. The average Bonchev–Trinajstić information content (AvgIpc) is 3.33. The van der Waals surface area contributed by atoms with Crippen LogP contribution in [0.3, 0.4) is 0 Å². The van der Waals surface area contributed by atoms with E-state index in [-0.39, 0.29) is 11.7 Å². The minimum atomic E-state index is -0.937. The maximum atomic E-state index is 13.4. The molecule has 1 aromatic heterocycles. The molecule has 0 spiro atoms. The third-order valence-corrected chi connectivity index (χ3v) is 6.74. The fraction of sp³-hybridized carbons (Fsp3) is 0.241. The average molecular weight is 502 g/mol. The molecular formula is C29H31N3O3S. The van der Waals surface area contributed by atoms with Crippen molar-refractivity contribution >= 4 is 35.4 Å². The zero-order chi connectivity index (χ0) is 25.5. The molecule has 6 nitrogen and oxygen atoms in total. The Kier molecular flexibility index (Phi) is 8.46. The van der Waals surface area contributed by atoms with E-state index in [4.69, 9.17) is 4.74 Å². The number of hydrogen-bond donors (Lipinski definition) is 4. The van der Waals surface area contributed by atoms with E-state index in [1.807, 2.05) is 92.0 Å². The number of benzene rings is 3. The molecule has 0 radical (unpaired) electrons. The van der Waals surface area contributed by atoms with Gasteiger partial charge < -0.3 is 20.4 Å². The molecule has 3 atom stereocenters. The summed E-state index contributed by atoms with van der Waals surface area (Å²) < 4.78 is 5.18. The number of aromatic nitrogens is 1. The predicted octanol–water partition coefficient (Wildman–Crippen LogP) is 4.35. The molecule has 0 saturated heterocycles. The summed E-state index contributed by atoms with van der Waals surface area (Å²) in [6, 6.07) is 24.2. The van der Waals surface area contributed by atoms with Gasteiger partial charge in [-0.3, -0.25) is 4.79 Å². The van der Waals surface area contributed by atoms with Gasteiger partial charge in [0.25, 0.3) is 0 Å². The summed E-state index contributed by atoms with van der Waals surface area (Å²) in [7, 11) is 1.34.